The first-order valence-electron chi connectivity index (χ1n) is 11.5. The zero-order valence-electron chi connectivity index (χ0n) is 19.6. The molecular formula is C27H30N2O4S. The van der Waals surface area contributed by atoms with Gasteiger partial charge in [0.1, 0.15) is 5.75 Å². The summed E-state index contributed by atoms with van der Waals surface area (Å²) >= 11 is 1.62. The molecule has 6 nitrogen and oxygen atoms in total. The van der Waals surface area contributed by atoms with Gasteiger partial charge in [-0.15, -0.1) is 11.3 Å². The summed E-state index contributed by atoms with van der Waals surface area (Å²) in [6, 6.07) is 9.59. The van der Waals surface area contributed by atoms with Crippen molar-refractivity contribution >= 4 is 28.2 Å². The maximum absolute atomic E-state index is 12.3. The van der Waals surface area contributed by atoms with Crippen molar-refractivity contribution in [3.8, 4) is 17.6 Å². The lowest BCUT2D eigenvalue weighted by Gasteiger charge is -2.38. The molecule has 2 N–H and O–H groups in total. The minimum Gasteiger partial charge on any atom is -0.497 e. The molecule has 4 rings (SSSR count). The molecule has 1 aliphatic heterocycles. The molecule has 0 radical (unpaired) electrons. The third-order valence-corrected chi connectivity index (χ3v) is 7.63. The SMILES string of the molecule is COc1ccc2ncc(C)c([C@H](O)CCC3(C(=O)O)CCN(CC#Cc4cccs4)CC3)c2c1. The Bertz CT molecular complexity index is 1200. The largest absolute Gasteiger partial charge is 0.497 e. The number of pyridine rings is 1. The fourth-order valence-corrected chi connectivity index (χ4v) is 5.31. The minimum atomic E-state index is -0.826. The number of piperidine rings is 1. The van der Waals surface area contributed by atoms with E-state index in [9.17, 15) is 15.0 Å². The van der Waals surface area contributed by atoms with Crippen molar-refractivity contribution in [2.75, 3.05) is 26.7 Å². The fraction of sp³-hybridized carbons (Fsp3) is 0.407. The Morgan fingerprint density at radius 1 is 1.32 bits per heavy atom. The number of aliphatic carboxylic acids is 1. The number of carboxylic acids is 1. The van der Waals surface area contributed by atoms with E-state index in [1.807, 2.05) is 42.6 Å². The number of hydrogen-bond acceptors (Lipinski definition) is 6. The van der Waals surface area contributed by atoms with Crippen LogP contribution in [0.15, 0.2) is 41.9 Å². The molecule has 3 aromatic rings. The molecule has 1 aromatic carbocycles. The number of benzene rings is 1. The highest BCUT2D eigenvalue weighted by atomic mass is 32.1. The van der Waals surface area contributed by atoms with Crippen LogP contribution in [-0.2, 0) is 4.79 Å². The Hall–Kier alpha value is -2.92. The van der Waals surface area contributed by atoms with Crippen LogP contribution < -0.4 is 4.74 Å². The Morgan fingerprint density at radius 3 is 2.79 bits per heavy atom. The molecule has 0 amide bonds. The minimum absolute atomic E-state index is 0.377. The number of aromatic nitrogens is 1. The van der Waals surface area contributed by atoms with Crippen molar-refractivity contribution in [2.24, 2.45) is 5.41 Å². The molecule has 0 spiro atoms. The second-order valence-electron chi connectivity index (χ2n) is 8.93. The zero-order valence-corrected chi connectivity index (χ0v) is 20.4. The number of aliphatic hydroxyl groups is 1. The van der Waals surface area contributed by atoms with Gasteiger partial charge in [-0.2, -0.15) is 0 Å². The third kappa shape index (κ3) is 5.25. The Labute approximate surface area is 204 Å². The van der Waals surface area contributed by atoms with Crippen molar-refractivity contribution in [2.45, 2.75) is 38.7 Å². The van der Waals surface area contributed by atoms with E-state index in [1.165, 1.54) is 0 Å². The van der Waals surface area contributed by atoms with E-state index in [1.54, 1.807) is 24.6 Å². The van der Waals surface area contributed by atoms with Crippen molar-refractivity contribution in [3.63, 3.8) is 0 Å². The maximum Gasteiger partial charge on any atom is 0.309 e. The van der Waals surface area contributed by atoms with Gasteiger partial charge < -0.3 is 14.9 Å². The monoisotopic (exact) mass is 478 g/mol. The molecule has 1 aliphatic rings. The summed E-state index contributed by atoms with van der Waals surface area (Å²) in [6.45, 7) is 3.94. The number of carbonyl (C=O) groups is 1. The van der Waals surface area contributed by atoms with Gasteiger partial charge in [-0.05, 0) is 73.4 Å². The molecule has 7 heteroatoms. The van der Waals surface area contributed by atoms with Crippen LogP contribution in [-0.4, -0.2) is 52.8 Å². The molecule has 2 aromatic heterocycles. The Morgan fingerprint density at radius 2 is 2.12 bits per heavy atom. The number of aliphatic hydroxyl groups excluding tert-OH is 1. The number of thiophene rings is 1. The van der Waals surface area contributed by atoms with Gasteiger partial charge in [-0.25, -0.2) is 0 Å². The Kier molecular flexibility index (Phi) is 7.52. The summed E-state index contributed by atoms with van der Waals surface area (Å²) < 4.78 is 5.36. The van der Waals surface area contributed by atoms with Gasteiger partial charge in [0.05, 0.1) is 35.6 Å². The summed E-state index contributed by atoms with van der Waals surface area (Å²) in [5.41, 5.74) is 1.64. The van der Waals surface area contributed by atoms with Gasteiger partial charge in [-0.3, -0.25) is 14.7 Å². The van der Waals surface area contributed by atoms with Gasteiger partial charge in [0.25, 0.3) is 0 Å². The molecule has 0 unspecified atom stereocenters. The number of fused-ring (bicyclic) bond motifs is 1. The van der Waals surface area contributed by atoms with Crippen LogP contribution in [0.25, 0.3) is 10.9 Å². The van der Waals surface area contributed by atoms with Crippen LogP contribution in [0.1, 0.15) is 47.8 Å². The fourth-order valence-electron chi connectivity index (χ4n) is 4.72. The number of ether oxygens (including phenoxy) is 1. The highest BCUT2D eigenvalue weighted by Crippen LogP contribution is 2.40. The van der Waals surface area contributed by atoms with Crippen molar-refractivity contribution in [3.05, 3.63) is 57.9 Å². The maximum atomic E-state index is 12.3. The van der Waals surface area contributed by atoms with Gasteiger partial charge in [-0.1, -0.05) is 17.9 Å². The first-order chi connectivity index (χ1) is 16.4. The first kappa shape index (κ1) is 24.2. The van der Waals surface area contributed by atoms with E-state index in [-0.39, 0.29) is 0 Å². The highest BCUT2D eigenvalue weighted by Gasteiger charge is 2.41. The van der Waals surface area contributed by atoms with E-state index < -0.39 is 17.5 Å². The number of methoxy groups -OCH3 is 1. The topological polar surface area (TPSA) is 82.9 Å². The summed E-state index contributed by atoms with van der Waals surface area (Å²) in [5.74, 6) is 6.29. The lowest BCUT2D eigenvalue weighted by atomic mass is 9.74. The molecule has 3 heterocycles. The predicted molar refractivity (Wildman–Crippen MR) is 134 cm³/mol. The second kappa shape index (κ2) is 10.6. The quantitative estimate of drug-likeness (QED) is 0.481. The zero-order chi connectivity index (χ0) is 24.1. The van der Waals surface area contributed by atoms with E-state index >= 15 is 0 Å². The van der Waals surface area contributed by atoms with E-state index in [0.717, 1.165) is 26.9 Å². The highest BCUT2D eigenvalue weighted by molar-refractivity contribution is 7.10. The number of likely N-dealkylation sites (tertiary alicyclic amines) is 1. The molecule has 1 fully saturated rings. The molecule has 1 saturated heterocycles. The average molecular weight is 479 g/mol. The average Bonchev–Trinajstić information content (AvgIpc) is 3.36. The van der Waals surface area contributed by atoms with Gasteiger partial charge in [0.2, 0.25) is 0 Å². The van der Waals surface area contributed by atoms with Gasteiger partial charge in [0, 0.05) is 24.7 Å². The first-order valence-corrected chi connectivity index (χ1v) is 12.4. The number of carboxylic acid groups (broad SMARTS) is 1. The van der Waals surface area contributed by atoms with E-state index in [4.69, 9.17) is 4.74 Å². The smallest absolute Gasteiger partial charge is 0.309 e. The number of nitrogens with zero attached hydrogens (tertiary/aromatic N) is 2. The summed E-state index contributed by atoms with van der Waals surface area (Å²) in [4.78, 5) is 20.0. The van der Waals surface area contributed by atoms with Crippen LogP contribution >= 0.6 is 11.3 Å². The van der Waals surface area contributed by atoms with Crippen LogP contribution in [0, 0.1) is 24.2 Å². The van der Waals surface area contributed by atoms with Crippen molar-refractivity contribution in [1.29, 1.82) is 0 Å². The molecule has 0 saturated carbocycles. The molecule has 34 heavy (non-hydrogen) atoms. The molecule has 0 aliphatic carbocycles. The molecule has 1 atom stereocenters. The Balaban J connectivity index is 1.43. The molecule has 178 valence electrons. The predicted octanol–water partition coefficient (Wildman–Crippen LogP) is 4.65. The number of aryl methyl sites for hydroxylation is 1. The molecular weight excluding hydrogens is 448 g/mol. The van der Waals surface area contributed by atoms with Crippen LogP contribution in [0.4, 0.5) is 0 Å². The van der Waals surface area contributed by atoms with Crippen molar-refractivity contribution in [1.82, 2.24) is 9.88 Å². The van der Waals surface area contributed by atoms with Crippen LogP contribution in [0.3, 0.4) is 0 Å². The lowest BCUT2D eigenvalue weighted by molar-refractivity contribution is -0.153. The van der Waals surface area contributed by atoms with E-state index in [0.29, 0.717) is 51.1 Å². The molecule has 0 bridgehead atoms. The summed E-state index contributed by atoms with van der Waals surface area (Å²) in [5, 5.41) is 24.1. The van der Waals surface area contributed by atoms with Crippen LogP contribution in [0.2, 0.25) is 0 Å². The normalized spacial score (nSPS) is 16.6. The standard InChI is InChI=1S/C27H30N2O4S/c1-19-18-28-23-8-7-20(33-2)17-22(23)25(19)24(30)9-10-27(26(31)32)11-14-29(15-12-27)13-3-5-21-6-4-16-34-21/h4,6-8,16-18,24,30H,9-15H2,1-2H3,(H,31,32)/t24-/m1/s1. The number of rotatable bonds is 7. The second-order valence-corrected chi connectivity index (χ2v) is 9.88. The lowest BCUT2D eigenvalue weighted by Crippen LogP contribution is -2.44. The van der Waals surface area contributed by atoms with Gasteiger partial charge >= 0.3 is 5.97 Å². The number of hydrogen-bond donors (Lipinski definition) is 2. The van der Waals surface area contributed by atoms with Crippen molar-refractivity contribution < 1.29 is 19.7 Å². The summed E-state index contributed by atoms with van der Waals surface area (Å²) in [6.07, 6.45) is 2.89. The van der Waals surface area contributed by atoms with Gasteiger partial charge in [0.15, 0.2) is 0 Å². The van der Waals surface area contributed by atoms with Crippen LogP contribution in [0.5, 0.6) is 5.75 Å². The summed E-state index contributed by atoms with van der Waals surface area (Å²) in [7, 11) is 1.61. The van der Waals surface area contributed by atoms with E-state index in [2.05, 4.69) is 21.7 Å². The third-order valence-electron chi connectivity index (χ3n) is 6.85.